The van der Waals surface area contributed by atoms with E-state index in [0.29, 0.717) is 31.4 Å². The van der Waals surface area contributed by atoms with Crippen LogP contribution in [0.3, 0.4) is 0 Å². The van der Waals surface area contributed by atoms with E-state index in [9.17, 15) is 9.59 Å². The molecule has 166 valence electrons. The van der Waals surface area contributed by atoms with Gasteiger partial charge in [-0.15, -0.1) is 0 Å². The van der Waals surface area contributed by atoms with E-state index in [2.05, 4.69) is 23.5 Å². The first kappa shape index (κ1) is 22.8. The van der Waals surface area contributed by atoms with Crippen molar-refractivity contribution < 1.29 is 14.3 Å². The monoisotopic (exact) mass is 423 g/mol. The number of rotatable bonds is 7. The fourth-order valence-corrected chi connectivity index (χ4v) is 4.80. The van der Waals surface area contributed by atoms with E-state index in [0.717, 1.165) is 16.7 Å². The molecular formula is C25H33N3O3. The second kappa shape index (κ2) is 9.52. The maximum absolute atomic E-state index is 13.6. The molecule has 2 amide bonds. The first-order valence-electron chi connectivity index (χ1n) is 10.8. The Bertz CT molecular complexity index is 919. The summed E-state index contributed by atoms with van der Waals surface area (Å²) < 4.78 is 5.71. The number of carbonyl (C=O) groups is 2. The van der Waals surface area contributed by atoms with Gasteiger partial charge >= 0.3 is 0 Å². The van der Waals surface area contributed by atoms with Crippen LogP contribution in [0.2, 0.25) is 0 Å². The number of likely N-dealkylation sites (N-methyl/N-ethyl adjacent to an activating group) is 2. The highest BCUT2D eigenvalue weighted by Crippen LogP contribution is 2.45. The molecule has 2 aromatic carbocycles. The predicted octanol–water partition coefficient (Wildman–Crippen LogP) is 3.17. The van der Waals surface area contributed by atoms with E-state index in [1.807, 2.05) is 37.4 Å². The van der Waals surface area contributed by atoms with Gasteiger partial charge in [0.05, 0.1) is 13.0 Å². The molecule has 0 radical (unpaired) electrons. The molecule has 0 saturated heterocycles. The van der Waals surface area contributed by atoms with Gasteiger partial charge in [0.2, 0.25) is 11.8 Å². The number of benzene rings is 2. The molecule has 3 rings (SSSR count). The number of hydrogen-bond donors (Lipinski definition) is 2. The summed E-state index contributed by atoms with van der Waals surface area (Å²) in [6, 6.07) is 16.1. The number of methoxy groups -OCH3 is 1. The number of hydrogen-bond acceptors (Lipinski definition) is 4. The van der Waals surface area contributed by atoms with E-state index < -0.39 is 11.5 Å². The summed E-state index contributed by atoms with van der Waals surface area (Å²) in [5.74, 6) is -0.167. The Morgan fingerprint density at radius 2 is 1.74 bits per heavy atom. The van der Waals surface area contributed by atoms with E-state index in [-0.39, 0.29) is 17.7 Å². The van der Waals surface area contributed by atoms with Gasteiger partial charge in [-0.25, -0.2) is 0 Å². The number of nitrogens with one attached hydrogen (secondary N) is 1. The fourth-order valence-electron chi connectivity index (χ4n) is 4.80. The summed E-state index contributed by atoms with van der Waals surface area (Å²) in [4.78, 5) is 27.0. The molecular weight excluding hydrogens is 390 g/mol. The molecule has 31 heavy (non-hydrogen) atoms. The van der Waals surface area contributed by atoms with Gasteiger partial charge in [0.15, 0.2) is 0 Å². The molecule has 0 bridgehead atoms. The average Bonchev–Trinajstić information content (AvgIpc) is 2.79. The van der Waals surface area contributed by atoms with Crippen LogP contribution >= 0.6 is 0 Å². The van der Waals surface area contributed by atoms with Crippen LogP contribution in [-0.4, -0.2) is 50.5 Å². The van der Waals surface area contributed by atoms with E-state index in [1.165, 1.54) is 0 Å². The van der Waals surface area contributed by atoms with Gasteiger partial charge in [0.1, 0.15) is 5.75 Å². The molecule has 3 N–H and O–H groups in total. The third-order valence-electron chi connectivity index (χ3n) is 6.67. The molecule has 0 aromatic heterocycles. The molecule has 1 aliphatic rings. The summed E-state index contributed by atoms with van der Waals surface area (Å²) in [5, 5.41) is 3.47. The summed E-state index contributed by atoms with van der Waals surface area (Å²) >= 11 is 0. The lowest BCUT2D eigenvalue weighted by Gasteiger charge is -2.45. The molecule has 0 spiro atoms. The standard InChI is InChI=1S/C25H33N3O3/c1-27-25(14-12-18(13-15-25)23(26)29)22(24(30)28(2)3)20-16-19(10-11-21(20)31-4)17-8-6-5-7-9-17/h5-11,16,18,22,27H,12-15H2,1-4H3,(H2,26,29). The van der Waals surface area contributed by atoms with Crippen molar-refractivity contribution >= 4 is 11.8 Å². The fraction of sp³-hybridized carbons (Fsp3) is 0.440. The average molecular weight is 424 g/mol. The Hall–Kier alpha value is -2.86. The zero-order chi connectivity index (χ0) is 22.6. The third-order valence-corrected chi connectivity index (χ3v) is 6.67. The first-order chi connectivity index (χ1) is 14.8. The Labute approximate surface area is 184 Å². The highest BCUT2D eigenvalue weighted by Gasteiger charge is 2.47. The van der Waals surface area contributed by atoms with Crippen molar-refractivity contribution in [2.24, 2.45) is 11.7 Å². The minimum atomic E-state index is -0.490. The highest BCUT2D eigenvalue weighted by molar-refractivity contribution is 5.87. The van der Waals surface area contributed by atoms with Crippen LogP contribution in [0.5, 0.6) is 5.75 Å². The predicted molar refractivity (Wildman–Crippen MR) is 123 cm³/mol. The van der Waals surface area contributed by atoms with Crippen molar-refractivity contribution in [1.82, 2.24) is 10.2 Å². The number of nitrogens with zero attached hydrogens (tertiary/aromatic N) is 1. The molecule has 1 unspecified atom stereocenters. The minimum absolute atomic E-state index is 0.00962. The molecule has 0 heterocycles. The zero-order valence-corrected chi connectivity index (χ0v) is 18.9. The molecule has 1 aliphatic carbocycles. The van der Waals surface area contributed by atoms with Crippen molar-refractivity contribution in [3.05, 3.63) is 54.1 Å². The van der Waals surface area contributed by atoms with Crippen molar-refractivity contribution in [2.45, 2.75) is 37.1 Å². The van der Waals surface area contributed by atoms with Crippen LogP contribution in [-0.2, 0) is 9.59 Å². The Morgan fingerprint density at radius 3 is 2.26 bits per heavy atom. The molecule has 1 atom stereocenters. The van der Waals surface area contributed by atoms with Crippen molar-refractivity contribution in [3.8, 4) is 16.9 Å². The van der Waals surface area contributed by atoms with Crippen LogP contribution in [0.4, 0.5) is 0 Å². The molecule has 1 saturated carbocycles. The van der Waals surface area contributed by atoms with Gasteiger partial charge in [0, 0.05) is 31.1 Å². The lowest BCUT2D eigenvalue weighted by atomic mass is 9.66. The van der Waals surface area contributed by atoms with Crippen molar-refractivity contribution in [3.63, 3.8) is 0 Å². The normalized spacial score (nSPS) is 21.9. The van der Waals surface area contributed by atoms with Crippen LogP contribution in [0.25, 0.3) is 11.1 Å². The van der Waals surface area contributed by atoms with Crippen molar-refractivity contribution in [2.75, 3.05) is 28.3 Å². The van der Waals surface area contributed by atoms with Crippen LogP contribution in [0.1, 0.15) is 37.2 Å². The highest BCUT2D eigenvalue weighted by atomic mass is 16.5. The van der Waals surface area contributed by atoms with E-state index in [4.69, 9.17) is 10.5 Å². The van der Waals surface area contributed by atoms with Crippen LogP contribution in [0, 0.1) is 5.92 Å². The maximum atomic E-state index is 13.6. The zero-order valence-electron chi connectivity index (χ0n) is 18.9. The van der Waals surface area contributed by atoms with E-state index in [1.54, 1.807) is 26.1 Å². The Kier molecular flexibility index (Phi) is 7.01. The third kappa shape index (κ3) is 4.59. The molecule has 6 nitrogen and oxygen atoms in total. The number of ether oxygens (including phenoxy) is 1. The second-order valence-corrected chi connectivity index (χ2v) is 8.57. The Balaban J connectivity index is 2.12. The topological polar surface area (TPSA) is 84.7 Å². The largest absolute Gasteiger partial charge is 0.496 e. The SMILES string of the molecule is CNC1(C(C(=O)N(C)C)c2cc(-c3ccccc3)ccc2OC)CCC(C(N)=O)CC1. The lowest BCUT2D eigenvalue weighted by Crippen LogP contribution is -2.55. The summed E-state index contributed by atoms with van der Waals surface area (Å²) in [7, 11) is 7.09. The Morgan fingerprint density at radius 1 is 1.10 bits per heavy atom. The van der Waals surface area contributed by atoms with Crippen molar-refractivity contribution in [1.29, 1.82) is 0 Å². The molecule has 0 aliphatic heterocycles. The smallest absolute Gasteiger partial charge is 0.231 e. The second-order valence-electron chi connectivity index (χ2n) is 8.57. The van der Waals surface area contributed by atoms with Gasteiger partial charge in [-0.2, -0.15) is 0 Å². The first-order valence-corrected chi connectivity index (χ1v) is 10.8. The summed E-state index contributed by atoms with van der Waals surface area (Å²) in [6.45, 7) is 0. The molecule has 1 fully saturated rings. The van der Waals surface area contributed by atoms with Gasteiger partial charge in [0.25, 0.3) is 0 Å². The number of carbonyl (C=O) groups excluding carboxylic acids is 2. The number of nitrogens with two attached hydrogens (primary N) is 1. The quantitative estimate of drug-likeness (QED) is 0.716. The van der Waals surface area contributed by atoms with Gasteiger partial charge in [-0.3, -0.25) is 9.59 Å². The number of amides is 2. The molecule has 2 aromatic rings. The van der Waals surface area contributed by atoms with Crippen LogP contribution < -0.4 is 15.8 Å². The number of primary amides is 1. The van der Waals surface area contributed by atoms with Crippen LogP contribution in [0.15, 0.2) is 48.5 Å². The van der Waals surface area contributed by atoms with Gasteiger partial charge < -0.3 is 20.7 Å². The lowest BCUT2D eigenvalue weighted by molar-refractivity contribution is -0.133. The van der Waals surface area contributed by atoms with Gasteiger partial charge in [-0.1, -0.05) is 36.4 Å². The maximum Gasteiger partial charge on any atom is 0.231 e. The minimum Gasteiger partial charge on any atom is -0.496 e. The summed E-state index contributed by atoms with van der Waals surface area (Å²) in [6.07, 6.45) is 2.68. The molecule has 6 heteroatoms. The summed E-state index contributed by atoms with van der Waals surface area (Å²) in [5.41, 5.74) is 8.05. The van der Waals surface area contributed by atoms with Gasteiger partial charge in [-0.05, 0) is 56.0 Å². The van der Waals surface area contributed by atoms with E-state index >= 15 is 0 Å².